The fourth-order valence-electron chi connectivity index (χ4n) is 1.68. The Morgan fingerprint density at radius 1 is 1.29 bits per heavy atom. The highest BCUT2D eigenvalue weighted by Gasteiger charge is 2.16. The normalized spacial score (nSPS) is 11.8. The van der Waals surface area contributed by atoms with Crippen LogP contribution in [-0.4, -0.2) is 15.0 Å². The predicted octanol–water partition coefficient (Wildman–Crippen LogP) is 2.52. The summed E-state index contributed by atoms with van der Waals surface area (Å²) in [6.07, 6.45) is 0.647. The molecule has 4 nitrogen and oxygen atoms in total. The van der Waals surface area contributed by atoms with Gasteiger partial charge in [-0.25, -0.2) is 17.5 Å². The first kappa shape index (κ1) is 16.4. The Morgan fingerprint density at radius 2 is 2.05 bits per heavy atom. The molecule has 2 aromatic rings. The SMILES string of the molecule is NCCc1ccc(S(=O)(=O)NCc2ccc(F)c(Cl)c2)s1. The van der Waals surface area contributed by atoms with Gasteiger partial charge in [-0.15, -0.1) is 11.3 Å². The minimum absolute atomic E-state index is 0.0342. The summed E-state index contributed by atoms with van der Waals surface area (Å²) in [7, 11) is -3.59. The largest absolute Gasteiger partial charge is 0.330 e. The van der Waals surface area contributed by atoms with Crippen LogP contribution in [0.5, 0.6) is 0 Å². The lowest BCUT2D eigenvalue weighted by Gasteiger charge is -2.05. The molecule has 0 aliphatic rings. The van der Waals surface area contributed by atoms with Gasteiger partial charge < -0.3 is 5.73 Å². The van der Waals surface area contributed by atoms with Crippen molar-refractivity contribution in [3.63, 3.8) is 0 Å². The molecule has 1 aromatic carbocycles. The molecule has 1 heterocycles. The fraction of sp³-hybridized carbons (Fsp3) is 0.231. The van der Waals surface area contributed by atoms with Crippen LogP contribution in [-0.2, 0) is 23.0 Å². The highest BCUT2D eigenvalue weighted by Crippen LogP contribution is 2.22. The minimum Gasteiger partial charge on any atom is -0.330 e. The van der Waals surface area contributed by atoms with E-state index in [-0.39, 0.29) is 15.8 Å². The quantitative estimate of drug-likeness (QED) is 0.842. The third kappa shape index (κ3) is 4.24. The second kappa shape index (κ2) is 6.85. The molecular formula is C13H14ClFN2O2S2. The van der Waals surface area contributed by atoms with Crippen molar-refractivity contribution in [1.29, 1.82) is 0 Å². The smallest absolute Gasteiger partial charge is 0.250 e. The molecular weight excluding hydrogens is 335 g/mol. The van der Waals surface area contributed by atoms with Crippen LogP contribution in [0.2, 0.25) is 5.02 Å². The zero-order valence-corrected chi connectivity index (χ0v) is 13.4. The van der Waals surface area contributed by atoms with E-state index in [0.29, 0.717) is 18.5 Å². The summed E-state index contributed by atoms with van der Waals surface area (Å²) in [6, 6.07) is 7.39. The van der Waals surface area contributed by atoms with E-state index in [1.54, 1.807) is 12.1 Å². The molecule has 0 fully saturated rings. The Morgan fingerprint density at radius 3 is 2.71 bits per heavy atom. The number of sulfonamides is 1. The molecule has 1 aromatic heterocycles. The van der Waals surface area contributed by atoms with Crippen molar-refractivity contribution < 1.29 is 12.8 Å². The van der Waals surface area contributed by atoms with E-state index in [1.165, 1.54) is 29.5 Å². The Hall–Kier alpha value is -0.990. The van der Waals surface area contributed by atoms with Gasteiger partial charge in [0, 0.05) is 11.4 Å². The van der Waals surface area contributed by atoms with Gasteiger partial charge in [-0.1, -0.05) is 17.7 Å². The lowest BCUT2D eigenvalue weighted by atomic mass is 10.2. The highest BCUT2D eigenvalue weighted by molar-refractivity contribution is 7.91. The van der Waals surface area contributed by atoms with Gasteiger partial charge in [0.05, 0.1) is 5.02 Å². The summed E-state index contributed by atoms with van der Waals surface area (Å²) in [5, 5.41) is -0.0342. The van der Waals surface area contributed by atoms with Crippen LogP contribution in [0.25, 0.3) is 0 Å². The van der Waals surface area contributed by atoms with Gasteiger partial charge in [0.15, 0.2) is 0 Å². The highest BCUT2D eigenvalue weighted by atomic mass is 35.5. The summed E-state index contributed by atoms with van der Waals surface area (Å²) in [6.45, 7) is 0.522. The maximum Gasteiger partial charge on any atom is 0.250 e. The monoisotopic (exact) mass is 348 g/mol. The van der Waals surface area contributed by atoms with Gasteiger partial charge in [-0.3, -0.25) is 0 Å². The molecule has 0 atom stereocenters. The van der Waals surface area contributed by atoms with Crippen LogP contribution in [0.3, 0.4) is 0 Å². The molecule has 0 amide bonds. The minimum atomic E-state index is -3.59. The maximum atomic E-state index is 13.0. The summed E-state index contributed by atoms with van der Waals surface area (Å²) < 4.78 is 40.0. The van der Waals surface area contributed by atoms with Crippen molar-refractivity contribution in [2.45, 2.75) is 17.2 Å². The zero-order chi connectivity index (χ0) is 15.5. The number of thiophene rings is 1. The van der Waals surface area contributed by atoms with Crippen LogP contribution in [0, 0.1) is 5.82 Å². The number of hydrogen-bond acceptors (Lipinski definition) is 4. The zero-order valence-electron chi connectivity index (χ0n) is 11.0. The lowest BCUT2D eigenvalue weighted by Crippen LogP contribution is -2.22. The van der Waals surface area contributed by atoms with Gasteiger partial charge in [0.2, 0.25) is 10.0 Å². The Kier molecular flexibility index (Phi) is 5.34. The van der Waals surface area contributed by atoms with Crippen molar-refractivity contribution in [2.75, 3.05) is 6.54 Å². The number of rotatable bonds is 6. The number of hydrogen-bond donors (Lipinski definition) is 2. The molecule has 0 bridgehead atoms. The number of nitrogens with one attached hydrogen (secondary N) is 1. The molecule has 0 saturated carbocycles. The van der Waals surface area contributed by atoms with Crippen LogP contribution in [0.4, 0.5) is 4.39 Å². The Labute approximate surface area is 131 Å². The van der Waals surface area contributed by atoms with Crippen molar-refractivity contribution in [3.05, 3.63) is 51.6 Å². The van der Waals surface area contributed by atoms with E-state index in [9.17, 15) is 12.8 Å². The topological polar surface area (TPSA) is 72.2 Å². The average Bonchev–Trinajstić information content (AvgIpc) is 2.90. The lowest BCUT2D eigenvalue weighted by molar-refractivity contribution is 0.583. The molecule has 114 valence electrons. The molecule has 21 heavy (non-hydrogen) atoms. The van der Waals surface area contributed by atoms with E-state index in [1.807, 2.05) is 0 Å². The van der Waals surface area contributed by atoms with E-state index < -0.39 is 15.8 Å². The molecule has 0 aliphatic carbocycles. The second-order valence-electron chi connectivity index (χ2n) is 4.33. The van der Waals surface area contributed by atoms with Gasteiger partial charge in [-0.05, 0) is 42.8 Å². The van der Waals surface area contributed by atoms with E-state index in [2.05, 4.69) is 4.72 Å². The van der Waals surface area contributed by atoms with Crippen molar-refractivity contribution in [1.82, 2.24) is 4.72 Å². The predicted molar refractivity (Wildman–Crippen MR) is 82.5 cm³/mol. The molecule has 0 aliphatic heterocycles. The fourth-order valence-corrected chi connectivity index (χ4v) is 4.31. The number of benzene rings is 1. The summed E-state index contributed by atoms with van der Waals surface area (Å²) in [5.74, 6) is -0.534. The molecule has 0 saturated heterocycles. The average molecular weight is 349 g/mol. The number of nitrogens with two attached hydrogens (primary N) is 1. The first-order valence-corrected chi connectivity index (χ1v) is 8.82. The van der Waals surface area contributed by atoms with E-state index >= 15 is 0 Å². The third-order valence-corrected chi connectivity index (χ3v) is 6.07. The van der Waals surface area contributed by atoms with Gasteiger partial charge in [0.1, 0.15) is 10.0 Å². The first-order chi connectivity index (χ1) is 9.92. The van der Waals surface area contributed by atoms with Crippen LogP contribution >= 0.6 is 22.9 Å². The van der Waals surface area contributed by atoms with E-state index in [0.717, 1.165) is 4.88 Å². The standard InChI is InChI=1S/C13H14ClFN2O2S2/c14-11-7-9(1-3-12(11)15)8-17-21(18,19)13-4-2-10(20-13)5-6-16/h1-4,7,17H,5-6,8,16H2. The van der Waals surface area contributed by atoms with Crippen molar-refractivity contribution in [2.24, 2.45) is 5.73 Å². The maximum absolute atomic E-state index is 13.0. The van der Waals surface area contributed by atoms with Crippen LogP contribution in [0.1, 0.15) is 10.4 Å². The van der Waals surface area contributed by atoms with Crippen molar-refractivity contribution >= 4 is 33.0 Å². The summed E-state index contributed by atoms with van der Waals surface area (Å²) in [4.78, 5) is 0.919. The third-order valence-electron chi connectivity index (χ3n) is 2.74. The molecule has 3 N–H and O–H groups in total. The molecule has 2 rings (SSSR count). The van der Waals surface area contributed by atoms with Crippen molar-refractivity contribution in [3.8, 4) is 0 Å². The first-order valence-electron chi connectivity index (χ1n) is 6.15. The summed E-state index contributed by atoms with van der Waals surface area (Å²) in [5.41, 5.74) is 6.03. The number of halogens is 2. The van der Waals surface area contributed by atoms with Gasteiger partial charge in [0.25, 0.3) is 0 Å². The van der Waals surface area contributed by atoms with Crippen LogP contribution < -0.4 is 10.5 Å². The van der Waals surface area contributed by atoms with Gasteiger partial charge in [-0.2, -0.15) is 0 Å². The molecule has 8 heteroatoms. The molecule has 0 radical (unpaired) electrons. The van der Waals surface area contributed by atoms with E-state index in [4.69, 9.17) is 17.3 Å². The van der Waals surface area contributed by atoms with Crippen LogP contribution in [0.15, 0.2) is 34.5 Å². The summed E-state index contributed by atoms with van der Waals surface area (Å²) >= 11 is 6.85. The molecule has 0 spiro atoms. The Bertz CT molecular complexity index is 732. The van der Waals surface area contributed by atoms with Gasteiger partial charge >= 0.3 is 0 Å². The second-order valence-corrected chi connectivity index (χ2v) is 7.90. The molecule has 0 unspecified atom stereocenters. The Balaban J connectivity index is 2.08.